The number of hydrogen-bond donors (Lipinski definition) is 0. The van der Waals surface area contributed by atoms with Crippen LogP contribution >= 0.6 is 0 Å². The van der Waals surface area contributed by atoms with Crippen molar-refractivity contribution in [1.82, 2.24) is 4.98 Å². The molecule has 0 amide bonds. The highest BCUT2D eigenvalue weighted by atomic mass is 19.1. The molecule has 0 aliphatic rings. The molecule has 2 aromatic carbocycles. The molecule has 0 unspecified atom stereocenters. The second-order valence-electron chi connectivity index (χ2n) is 4.95. The molecule has 0 spiro atoms. The smallest absolute Gasteiger partial charge is 0.258 e. The van der Waals surface area contributed by atoms with Crippen molar-refractivity contribution in [3.63, 3.8) is 0 Å². The molecule has 0 saturated carbocycles. The third-order valence-electron chi connectivity index (χ3n) is 3.35. The number of nitrogens with zero attached hydrogens (tertiary/aromatic N) is 3. The Morgan fingerprint density at radius 1 is 1.00 bits per heavy atom. The quantitative estimate of drug-likeness (QED) is 0.311. The molecule has 0 aliphatic heterocycles. The van der Waals surface area contributed by atoms with Gasteiger partial charge in [0, 0.05) is 17.2 Å². The number of pyridine rings is 1. The second kappa shape index (κ2) is 6.78. The normalized spacial score (nSPS) is 10.2. The van der Waals surface area contributed by atoms with Gasteiger partial charge in [0.1, 0.15) is 11.9 Å². The minimum Gasteiger partial charge on any atom is -0.258 e. The number of nitro groups is 1. The molecule has 0 fully saturated rings. The van der Waals surface area contributed by atoms with Crippen molar-refractivity contribution in [3.05, 3.63) is 100 Å². The van der Waals surface area contributed by atoms with Crippen molar-refractivity contribution < 1.29 is 9.31 Å². The largest absolute Gasteiger partial charge is 0.313 e. The van der Waals surface area contributed by atoms with Crippen LogP contribution in [0.4, 0.5) is 15.8 Å². The van der Waals surface area contributed by atoms with Gasteiger partial charge in [-0.3, -0.25) is 10.1 Å². The maximum atomic E-state index is 13.5. The first-order valence-electron chi connectivity index (χ1n) is 7.14. The van der Waals surface area contributed by atoms with E-state index < -0.39 is 10.9 Å². The summed E-state index contributed by atoms with van der Waals surface area (Å²) in [5, 5.41) is 11.2. The van der Waals surface area contributed by atoms with Crippen LogP contribution in [0.25, 0.3) is 0 Å². The number of aliphatic imine (C=N–C) groups is 1. The maximum absolute atomic E-state index is 13.5. The van der Waals surface area contributed by atoms with Crippen LogP contribution < -0.4 is 0 Å². The van der Waals surface area contributed by atoms with Crippen LogP contribution in [0.2, 0.25) is 0 Å². The Balaban J connectivity index is 2.22. The third-order valence-corrected chi connectivity index (χ3v) is 3.35. The van der Waals surface area contributed by atoms with E-state index in [0.29, 0.717) is 5.71 Å². The standard InChI is InChI=1S/C18H12FN3O2/c19-17-11-15(16(12-20-17)22(23)24)21-18(13-7-3-1-4-8-13)14-9-5-2-6-10-14/h1-12H. The van der Waals surface area contributed by atoms with E-state index in [0.717, 1.165) is 23.4 Å². The SMILES string of the molecule is O=[N+]([O-])c1cnc(F)cc1N=C(c1ccccc1)c1ccccc1. The van der Waals surface area contributed by atoms with Gasteiger partial charge in [-0.05, 0) is 0 Å². The minimum absolute atomic E-state index is 0.0739. The lowest BCUT2D eigenvalue weighted by Gasteiger charge is -2.08. The summed E-state index contributed by atoms with van der Waals surface area (Å²) in [6.45, 7) is 0. The van der Waals surface area contributed by atoms with Crippen molar-refractivity contribution >= 4 is 17.1 Å². The summed E-state index contributed by atoms with van der Waals surface area (Å²) < 4.78 is 13.5. The van der Waals surface area contributed by atoms with Crippen molar-refractivity contribution in [1.29, 1.82) is 0 Å². The third kappa shape index (κ3) is 3.33. The van der Waals surface area contributed by atoms with E-state index in [4.69, 9.17) is 0 Å². The highest BCUT2D eigenvalue weighted by Crippen LogP contribution is 2.28. The van der Waals surface area contributed by atoms with Gasteiger partial charge in [0.15, 0.2) is 0 Å². The molecule has 24 heavy (non-hydrogen) atoms. The summed E-state index contributed by atoms with van der Waals surface area (Å²) in [7, 11) is 0. The van der Waals surface area contributed by atoms with Crippen molar-refractivity contribution in [2.45, 2.75) is 0 Å². The molecular formula is C18H12FN3O2. The van der Waals surface area contributed by atoms with Crippen LogP contribution in [0.15, 0.2) is 77.9 Å². The summed E-state index contributed by atoms with van der Waals surface area (Å²) in [5.41, 5.74) is 1.64. The Morgan fingerprint density at radius 3 is 2.04 bits per heavy atom. The van der Waals surface area contributed by atoms with Crippen LogP contribution in [-0.2, 0) is 0 Å². The lowest BCUT2D eigenvalue weighted by atomic mass is 10.0. The first-order chi connectivity index (χ1) is 11.6. The summed E-state index contributed by atoms with van der Waals surface area (Å²) in [5.74, 6) is -0.820. The summed E-state index contributed by atoms with van der Waals surface area (Å²) in [6.07, 6.45) is 0.877. The predicted molar refractivity (Wildman–Crippen MR) is 89.0 cm³/mol. The van der Waals surface area contributed by atoms with E-state index in [1.54, 1.807) is 0 Å². The fraction of sp³-hybridized carbons (Fsp3) is 0. The molecule has 1 heterocycles. The van der Waals surface area contributed by atoms with Crippen LogP contribution in [0.3, 0.4) is 0 Å². The Labute approximate surface area is 137 Å². The first-order valence-corrected chi connectivity index (χ1v) is 7.14. The Hall–Kier alpha value is -3.41. The molecule has 0 aliphatic carbocycles. The Morgan fingerprint density at radius 2 is 1.54 bits per heavy atom. The predicted octanol–water partition coefficient (Wildman–Crippen LogP) is 4.30. The molecule has 0 saturated heterocycles. The van der Waals surface area contributed by atoms with Crippen molar-refractivity contribution in [2.24, 2.45) is 4.99 Å². The molecule has 1 aromatic heterocycles. The van der Waals surface area contributed by atoms with E-state index in [1.807, 2.05) is 60.7 Å². The van der Waals surface area contributed by atoms with Gasteiger partial charge in [-0.15, -0.1) is 0 Å². The lowest BCUT2D eigenvalue weighted by Crippen LogP contribution is -2.03. The molecule has 3 rings (SSSR count). The Kier molecular flexibility index (Phi) is 4.38. The van der Waals surface area contributed by atoms with E-state index in [2.05, 4.69) is 9.98 Å². The molecule has 0 bridgehead atoms. The highest BCUT2D eigenvalue weighted by molar-refractivity contribution is 6.14. The number of rotatable bonds is 4. The van der Waals surface area contributed by atoms with E-state index in [1.165, 1.54) is 0 Å². The fourth-order valence-corrected chi connectivity index (χ4v) is 2.25. The number of aromatic nitrogens is 1. The number of benzene rings is 2. The van der Waals surface area contributed by atoms with Gasteiger partial charge in [-0.2, -0.15) is 4.39 Å². The molecule has 0 N–H and O–H groups in total. The van der Waals surface area contributed by atoms with Gasteiger partial charge in [0.25, 0.3) is 0 Å². The minimum atomic E-state index is -0.820. The van der Waals surface area contributed by atoms with Gasteiger partial charge in [0.2, 0.25) is 5.95 Å². The van der Waals surface area contributed by atoms with Gasteiger partial charge in [-0.1, -0.05) is 60.7 Å². The molecule has 6 heteroatoms. The first kappa shape index (κ1) is 15.5. The van der Waals surface area contributed by atoms with Gasteiger partial charge < -0.3 is 0 Å². The van der Waals surface area contributed by atoms with Gasteiger partial charge >= 0.3 is 5.69 Å². The van der Waals surface area contributed by atoms with Crippen LogP contribution in [-0.4, -0.2) is 15.6 Å². The van der Waals surface area contributed by atoms with E-state index >= 15 is 0 Å². The van der Waals surface area contributed by atoms with E-state index in [-0.39, 0.29) is 11.4 Å². The zero-order valence-corrected chi connectivity index (χ0v) is 12.5. The lowest BCUT2D eigenvalue weighted by molar-refractivity contribution is -0.384. The summed E-state index contributed by atoms with van der Waals surface area (Å²) >= 11 is 0. The Bertz CT molecular complexity index is 855. The molecule has 0 atom stereocenters. The number of halogens is 1. The van der Waals surface area contributed by atoms with Crippen molar-refractivity contribution in [3.8, 4) is 0 Å². The van der Waals surface area contributed by atoms with Crippen LogP contribution in [0.5, 0.6) is 0 Å². The molecular weight excluding hydrogens is 309 g/mol. The molecule has 5 nitrogen and oxygen atoms in total. The van der Waals surface area contributed by atoms with Gasteiger partial charge in [-0.25, -0.2) is 9.98 Å². The molecule has 0 radical (unpaired) electrons. The fourth-order valence-electron chi connectivity index (χ4n) is 2.25. The van der Waals surface area contributed by atoms with Crippen molar-refractivity contribution in [2.75, 3.05) is 0 Å². The monoisotopic (exact) mass is 321 g/mol. The van der Waals surface area contributed by atoms with Crippen LogP contribution in [0, 0.1) is 16.1 Å². The summed E-state index contributed by atoms with van der Waals surface area (Å²) in [4.78, 5) is 18.2. The average Bonchev–Trinajstić information content (AvgIpc) is 2.61. The summed E-state index contributed by atoms with van der Waals surface area (Å²) in [6, 6.07) is 19.4. The topological polar surface area (TPSA) is 68.4 Å². The maximum Gasteiger partial charge on any atom is 0.313 e. The zero-order chi connectivity index (χ0) is 16.9. The van der Waals surface area contributed by atoms with Gasteiger partial charge in [0.05, 0.1) is 10.6 Å². The second-order valence-corrected chi connectivity index (χ2v) is 4.95. The molecule has 3 aromatic rings. The average molecular weight is 321 g/mol. The highest BCUT2D eigenvalue weighted by Gasteiger charge is 2.17. The molecule has 118 valence electrons. The van der Waals surface area contributed by atoms with E-state index in [9.17, 15) is 14.5 Å². The van der Waals surface area contributed by atoms with Crippen LogP contribution in [0.1, 0.15) is 11.1 Å². The number of hydrogen-bond acceptors (Lipinski definition) is 4. The zero-order valence-electron chi connectivity index (χ0n) is 12.5.